The largest absolute Gasteiger partial charge is 0.417 e. The second kappa shape index (κ2) is 10.3. The van der Waals surface area contributed by atoms with Gasteiger partial charge in [0.1, 0.15) is 5.75 Å². The summed E-state index contributed by atoms with van der Waals surface area (Å²) in [7, 11) is 0. The zero-order valence-corrected chi connectivity index (χ0v) is 17.5. The fourth-order valence-electron chi connectivity index (χ4n) is 3.39. The van der Waals surface area contributed by atoms with Gasteiger partial charge in [-0.05, 0) is 35.7 Å². The molecule has 1 heterocycles. The SMILES string of the molecule is CCCc1ccccc1NC(=O)Oc1ccc(CN2CCN(C(=O)S)CC2)cc1. The molecule has 0 aromatic heterocycles. The lowest BCUT2D eigenvalue weighted by Crippen LogP contribution is -2.46. The predicted molar refractivity (Wildman–Crippen MR) is 118 cm³/mol. The number of para-hydroxylation sites is 1. The van der Waals surface area contributed by atoms with E-state index in [0.29, 0.717) is 18.8 Å². The Morgan fingerprint density at radius 3 is 2.38 bits per heavy atom. The molecule has 2 aromatic carbocycles. The molecule has 0 spiro atoms. The lowest BCUT2D eigenvalue weighted by molar-refractivity contribution is 0.149. The molecule has 1 aliphatic rings. The number of amides is 2. The average molecular weight is 414 g/mol. The Morgan fingerprint density at radius 2 is 1.72 bits per heavy atom. The molecule has 154 valence electrons. The van der Waals surface area contributed by atoms with E-state index in [1.807, 2.05) is 36.4 Å². The van der Waals surface area contributed by atoms with E-state index in [4.69, 9.17) is 4.74 Å². The second-order valence-corrected chi connectivity index (χ2v) is 7.49. The number of nitrogens with zero attached hydrogens (tertiary/aromatic N) is 2. The fraction of sp³-hybridized carbons (Fsp3) is 0.364. The number of aryl methyl sites for hydroxylation is 1. The summed E-state index contributed by atoms with van der Waals surface area (Å²) in [5.74, 6) is 0.504. The van der Waals surface area contributed by atoms with E-state index in [1.54, 1.807) is 17.0 Å². The van der Waals surface area contributed by atoms with Crippen molar-refractivity contribution >= 4 is 29.6 Å². The van der Waals surface area contributed by atoms with Crippen molar-refractivity contribution in [1.82, 2.24) is 9.80 Å². The lowest BCUT2D eigenvalue weighted by Gasteiger charge is -2.33. The summed E-state index contributed by atoms with van der Waals surface area (Å²) in [6.45, 7) is 5.95. The van der Waals surface area contributed by atoms with Crippen molar-refractivity contribution in [2.24, 2.45) is 0 Å². The Balaban J connectivity index is 1.50. The molecule has 2 amide bonds. The monoisotopic (exact) mass is 413 g/mol. The molecule has 3 rings (SSSR count). The molecular weight excluding hydrogens is 386 g/mol. The minimum atomic E-state index is -0.492. The summed E-state index contributed by atoms with van der Waals surface area (Å²) < 4.78 is 5.42. The number of carbonyl (C=O) groups excluding carboxylic acids is 2. The van der Waals surface area contributed by atoms with Crippen LogP contribution in [0.3, 0.4) is 0 Å². The molecule has 1 saturated heterocycles. The van der Waals surface area contributed by atoms with Crippen LogP contribution in [-0.4, -0.2) is 47.3 Å². The van der Waals surface area contributed by atoms with Gasteiger partial charge in [-0.1, -0.05) is 56.3 Å². The highest BCUT2D eigenvalue weighted by Gasteiger charge is 2.19. The molecule has 0 aliphatic carbocycles. The third-order valence-electron chi connectivity index (χ3n) is 4.96. The Bertz CT molecular complexity index is 833. The molecule has 1 fully saturated rings. The number of hydrogen-bond donors (Lipinski definition) is 2. The molecule has 0 radical (unpaired) electrons. The number of benzene rings is 2. The number of thiol groups is 1. The van der Waals surface area contributed by atoms with Crippen LogP contribution < -0.4 is 10.1 Å². The third kappa shape index (κ3) is 6.24. The minimum Gasteiger partial charge on any atom is -0.410 e. The normalized spacial score (nSPS) is 14.5. The molecule has 1 N–H and O–H groups in total. The second-order valence-electron chi connectivity index (χ2n) is 7.11. The van der Waals surface area contributed by atoms with Gasteiger partial charge in [0, 0.05) is 38.4 Å². The van der Waals surface area contributed by atoms with Crippen molar-refractivity contribution < 1.29 is 14.3 Å². The van der Waals surface area contributed by atoms with Gasteiger partial charge in [0.05, 0.1) is 0 Å². The minimum absolute atomic E-state index is 0.165. The van der Waals surface area contributed by atoms with Crippen LogP contribution in [0.2, 0.25) is 0 Å². The van der Waals surface area contributed by atoms with E-state index >= 15 is 0 Å². The summed E-state index contributed by atoms with van der Waals surface area (Å²) in [5.41, 5.74) is 3.02. The van der Waals surface area contributed by atoms with Gasteiger partial charge >= 0.3 is 6.09 Å². The molecule has 6 nitrogen and oxygen atoms in total. The molecule has 7 heteroatoms. The maximum Gasteiger partial charge on any atom is 0.417 e. The number of anilines is 1. The van der Waals surface area contributed by atoms with Gasteiger partial charge in [-0.2, -0.15) is 0 Å². The first-order valence-corrected chi connectivity index (χ1v) is 10.4. The van der Waals surface area contributed by atoms with Crippen LogP contribution in [0.4, 0.5) is 15.3 Å². The van der Waals surface area contributed by atoms with Crippen LogP contribution in [0.25, 0.3) is 0 Å². The number of carbonyl (C=O) groups is 2. The highest BCUT2D eigenvalue weighted by atomic mass is 32.1. The highest BCUT2D eigenvalue weighted by molar-refractivity contribution is 7.96. The maximum atomic E-state index is 12.2. The molecule has 2 aromatic rings. The van der Waals surface area contributed by atoms with Gasteiger partial charge in [0.2, 0.25) is 0 Å². The Kier molecular flexibility index (Phi) is 7.55. The first-order valence-electron chi connectivity index (χ1n) is 9.91. The lowest BCUT2D eigenvalue weighted by atomic mass is 10.1. The van der Waals surface area contributed by atoms with Crippen molar-refractivity contribution in [2.45, 2.75) is 26.3 Å². The van der Waals surface area contributed by atoms with E-state index in [0.717, 1.165) is 49.3 Å². The predicted octanol–water partition coefficient (Wildman–Crippen LogP) is 4.42. The van der Waals surface area contributed by atoms with Gasteiger partial charge in [0.25, 0.3) is 5.24 Å². The smallest absolute Gasteiger partial charge is 0.410 e. The number of nitrogens with one attached hydrogen (secondary N) is 1. The molecule has 1 aliphatic heterocycles. The molecule has 0 bridgehead atoms. The average Bonchev–Trinajstić information content (AvgIpc) is 2.71. The van der Waals surface area contributed by atoms with Crippen LogP contribution in [0.5, 0.6) is 5.75 Å². The zero-order valence-electron chi connectivity index (χ0n) is 16.6. The first-order chi connectivity index (χ1) is 14.0. The number of hydrogen-bond acceptors (Lipinski definition) is 4. The van der Waals surface area contributed by atoms with Crippen LogP contribution in [0, 0.1) is 0 Å². The van der Waals surface area contributed by atoms with Crippen molar-refractivity contribution in [3.05, 3.63) is 59.7 Å². The number of rotatable bonds is 6. The summed E-state index contributed by atoms with van der Waals surface area (Å²) in [5, 5.41) is 2.66. The van der Waals surface area contributed by atoms with Crippen LogP contribution in [0.15, 0.2) is 48.5 Å². The van der Waals surface area contributed by atoms with Gasteiger partial charge in [-0.3, -0.25) is 15.0 Å². The van der Waals surface area contributed by atoms with Gasteiger partial charge in [-0.15, -0.1) is 0 Å². The van der Waals surface area contributed by atoms with Crippen molar-refractivity contribution in [1.29, 1.82) is 0 Å². The Hall–Kier alpha value is -2.51. The highest BCUT2D eigenvalue weighted by Crippen LogP contribution is 2.19. The van der Waals surface area contributed by atoms with Crippen molar-refractivity contribution in [3.63, 3.8) is 0 Å². The van der Waals surface area contributed by atoms with E-state index < -0.39 is 6.09 Å². The molecule has 29 heavy (non-hydrogen) atoms. The van der Waals surface area contributed by atoms with Gasteiger partial charge in [-0.25, -0.2) is 4.79 Å². The zero-order chi connectivity index (χ0) is 20.6. The Labute approximate surface area is 177 Å². The quantitative estimate of drug-likeness (QED) is 0.689. The topological polar surface area (TPSA) is 61.9 Å². The van der Waals surface area contributed by atoms with Crippen LogP contribution >= 0.6 is 12.6 Å². The standard InChI is InChI=1S/C22H27N3O3S/c1-2-5-18-6-3-4-7-20(18)23-21(26)28-19-10-8-17(9-11-19)16-24-12-14-25(15-13-24)22(27)29/h3-4,6-11H,2,5,12-16H2,1H3,(H,23,26)(H,27,29). The van der Waals surface area contributed by atoms with E-state index in [2.05, 4.69) is 29.8 Å². The van der Waals surface area contributed by atoms with Crippen molar-refractivity contribution in [3.8, 4) is 5.75 Å². The van der Waals surface area contributed by atoms with Gasteiger partial charge < -0.3 is 9.64 Å². The summed E-state index contributed by atoms with van der Waals surface area (Å²) in [6.07, 6.45) is 1.42. The Morgan fingerprint density at radius 1 is 1.03 bits per heavy atom. The third-order valence-corrected chi connectivity index (χ3v) is 5.24. The molecular formula is C22H27N3O3S. The fourth-order valence-corrected chi connectivity index (χ4v) is 3.59. The maximum absolute atomic E-state index is 12.2. The van der Waals surface area contributed by atoms with Crippen LogP contribution in [0.1, 0.15) is 24.5 Å². The van der Waals surface area contributed by atoms with E-state index in [9.17, 15) is 9.59 Å². The van der Waals surface area contributed by atoms with E-state index in [1.165, 1.54) is 0 Å². The van der Waals surface area contributed by atoms with Crippen molar-refractivity contribution in [2.75, 3.05) is 31.5 Å². The molecule has 0 saturated carbocycles. The molecule has 0 atom stereocenters. The van der Waals surface area contributed by atoms with Crippen LogP contribution in [-0.2, 0) is 13.0 Å². The summed E-state index contributed by atoms with van der Waals surface area (Å²) >= 11 is 3.88. The first kappa shape index (κ1) is 21.2. The summed E-state index contributed by atoms with van der Waals surface area (Å²) in [6, 6.07) is 15.3. The summed E-state index contributed by atoms with van der Waals surface area (Å²) in [4.78, 5) is 27.6. The van der Waals surface area contributed by atoms with E-state index in [-0.39, 0.29) is 5.24 Å². The number of piperazine rings is 1. The number of ether oxygens (including phenoxy) is 1. The van der Waals surface area contributed by atoms with Gasteiger partial charge in [0.15, 0.2) is 0 Å². The molecule has 0 unspecified atom stereocenters.